The van der Waals surface area contributed by atoms with E-state index in [1.165, 1.54) is 0 Å². The van der Waals surface area contributed by atoms with Crippen LogP contribution in [0.2, 0.25) is 0 Å². The fraction of sp³-hybridized carbons (Fsp3) is 0. The topological polar surface area (TPSA) is 0 Å². The zero-order valence-corrected chi connectivity index (χ0v) is 16.4. The first-order chi connectivity index (χ1) is 5.00. The summed E-state index contributed by atoms with van der Waals surface area (Å²) in [5, 5.41) is 0. The van der Waals surface area contributed by atoms with Gasteiger partial charge in [0, 0.05) is 0 Å². The average molecular weight is 478 g/mol. The molecule has 2 rings (SSSR count). The van der Waals surface area contributed by atoms with Crippen molar-refractivity contribution in [2.24, 2.45) is 0 Å². The van der Waals surface area contributed by atoms with Gasteiger partial charge in [-0.3, -0.25) is 0 Å². The smallest absolute Gasteiger partial charge is 1.00 e. The minimum absolute atomic E-state index is 0. The van der Waals surface area contributed by atoms with Gasteiger partial charge in [0.25, 0.3) is 0 Å². The molecule has 1 unspecified atom stereocenters. The van der Waals surface area contributed by atoms with Gasteiger partial charge in [-0.1, -0.05) is 0 Å². The minimum atomic E-state index is 0. The van der Waals surface area contributed by atoms with Gasteiger partial charge in [-0.2, -0.15) is 18.2 Å². The Morgan fingerprint density at radius 1 is 1.15 bits per heavy atom. The molecule has 1 aliphatic rings. The van der Waals surface area contributed by atoms with E-state index in [2.05, 4.69) is 9.73 Å². The third kappa shape index (κ3) is 14.2. The summed E-state index contributed by atoms with van der Waals surface area (Å²) in [4.78, 5) is 5.61. The van der Waals surface area contributed by atoms with E-state index >= 15 is 0 Å². The molecule has 13 heavy (non-hydrogen) atoms. The first kappa shape index (κ1) is 20.6. The van der Waals surface area contributed by atoms with Crippen molar-refractivity contribution in [2.75, 3.05) is 0 Å². The summed E-state index contributed by atoms with van der Waals surface area (Å²) >= 11 is 2.14. The molecule has 1 heterocycles. The van der Waals surface area contributed by atoms with E-state index in [1.807, 2.05) is 30.3 Å². The predicted octanol–water partition coefficient (Wildman–Crippen LogP) is -5.64. The van der Waals surface area contributed by atoms with Crippen molar-refractivity contribution in [2.45, 2.75) is 0 Å². The van der Waals surface area contributed by atoms with Crippen LogP contribution < -0.4 is 24.8 Å². The van der Waals surface area contributed by atoms with Crippen molar-refractivity contribution >= 4 is 37.9 Å². The van der Waals surface area contributed by atoms with Gasteiger partial charge in [-0.05, 0) is 0 Å². The molecule has 0 nitrogen and oxygen atoms in total. The normalized spacial score (nSPS) is 14.2. The van der Waals surface area contributed by atoms with Crippen LogP contribution in [0.1, 0.15) is 0 Å². The number of halogens is 2. The zero-order chi connectivity index (χ0) is 7.07. The van der Waals surface area contributed by atoms with Crippen molar-refractivity contribution in [3.63, 3.8) is 0 Å². The Kier molecular flexibility index (Phi) is 26.4. The first-order valence-corrected chi connectivity index (χ1v) is 16.1. The monoisotopic (exact) mass is 476 g/mol. The molecule has 0 amide bonds. The molecule has 0 aromatic heterocycles. The molecule has 1 aromatic rings. The molecule has 1 atom stereocenters. The summed E-state index contributed by atoms with van der Waals surface area (Å²) in [5.41, 5.74) is 0. The van der Waals surface area contributed by atoms with E-state index in [9.17, 15) is 0 Å². The Hall–Kier alpha value is 2.23. The summed E-state index contributed by atoms with van der Waals surface area (Å²) in [6.45, 7) is 0. The van der Waals surface area contributed by atoms with Crippen LogP contribution in [-0.2, 0) is 26.2 Å². The van der Waals surface area contributed by atoms with Crippen molar-refractivity contribution < 1.29 is 51.0 Å². The van der Waals surface area contributed by atoms with Crippen LogP contribution in [0.5, 0.6) is 0 Å². The molecule has 0 fully saturated rings. The van der Waals surface area contributed by atoms with Crippen LogP contribution in [0.3, 0.4) is 0 Å². The number of rotatable bonds is 0. The second kappa shape index (κ2) is 16.7. The summed E-state index contributed by atoms with van der Waals surface area (Å²) in [7, 11) is 0. The van der Waals surface area contributed by atoms with Gasteiger partial charge in [-0.15, -0.1) is 0 Å². The number of hydrogen-bond acceptors (Lipinski definition) is 0. The summed E-state index contributed by atoms with van der Waals surface area (Å²) < 4.78 is 0. The molecule has 0 spiro atoms. The van der Waals surface area contributed by atoms with Gasteiger partial charge in [0.05, 0.1) is 0 Å². The van der Waals surface area contributed by atoms with Gasteiger partial charge >= 0.3 is 73.8 Å². The van der Waals surface area contributed by atoms with Gasteiger partial charge < -0.3 is 24.8 Å². The maximum atomic E-state index is 3.29. The third-order valence-electron chi connectivity index (χ3n) is 0.850. The molecule has 1 aliphatic heterocycles. The van der Waals surface area contributed by atoms with Crippen molar-refractivity contribution in [3.8, 4) is 0 Å². The van der Waals surface area contributed by atoms with E-state index in [0.717, 1.165) is 11.1 Å². The van der Waals surface area contributed by atoms with Gasteiger partial charge in [0.15, 0.2) is 0 Å². The Bertz CT molecular complexity index is 184. The van der Waals surface area contributed by atoms with Gasteiger partial charge in [-0.25, -0.2) is 12.1 Å². The van der Waals surface area contributed by atoms with E-state index in [1.54, 1.807) is 0 Å². The largest absolute Gasteiger partial charge is 4.00 e. The second-order valence-corrected chi connectivity index (χ2v) is 22.6. The quantitative estimate of drug-likeness (QED) is 0.258. The van der Waals surface area contributed by atoms with Crippen LogP contribution >= 0.6 is 0 Å². The maximum absolute atomic E-state index is 3.29. The molecule has 0 radical (unpaired) electrons. The van der Waals surface area contributed by atoms with Crippen LogP contribution in [0.25, 0.3) is 0 Å². The van der Waals surface area contributed by atoms with E-state index in [0.29, 0.717) is 26.8 Å². The molecule has 6 heteroatoms. The van der Waals surface area contributed by atoms with Gasteiger partial charge in [0.2, 0.25) is 0 Å². The molecule has 68 valence electrons. The average Bonchev–Trinajstić information content (AvgIpc) is 2.67. The van der Waals surface area contributed by atoms with E-state index in [-0.39, 0.29) is 51.0 Å². The summed E-state index contributed by atoms with van der Waals surface area (Å²) in [5.74, 6) is 0. The standard InChI is InChI=1S/C5H5.C2H2As3.2ClH.Zr/c2*1-2-4-5-3-1;;;/h1-5H;1,3H;2*1H;/q2*-1;;;+4/p-2. The van der Waals surface area contributed by atoms with Crippen molar-refractivity contribution in [1.29, 1.82) is 0 Å². The third-order valence-corrected chi connectivity index (χ3v) is 20.7. The molecule has 0 bridgehead atoms. The maximum Gasteiger partial charge on any atom is 4.00 e. The molecular weight excluding hydrogens is 471 g/mol. The van der Waals surface area contributed by atoms with Crippen LogP contribution in [0, 0.1) is 4.86 Å². The summed E-state index contributed by atoms with van der Waals surface area (Å²) in [6, 6.07) is 10.0. The fourth-order valence-corrected chi connectivity index (χ4v) is 20.6. The Morgan fingerprint density at radius 3 is 1.92 bits per heavy atom. The molecule has 0 N–H and O–H groups in total. The molecule has 0 aliphatic carbocycles. The Morgan fingerprint density at radius 2 is 1.77 bits per heavy atom. The molecule has 0 saturated heterocycles. The van der Waals surface area contributed by atoms with E-state index < -0.39 is 0 Å². The first-order valence-electron chi connectivity index (χ1n) is 2.89. The number of hydrogen-bond donors (Lipinski definition) is 0. The molecular formula is C7H7As3Cl2Zr. The second-order valence-electron chi connectivity index (χ2n) is 1.56. The minimum Gasteiger partial charge on any atom is -1.00 e. The molecule has 0 saturated carbocycles. The van der Waals surface area contributed by atoms with Crippen molar-refractivity contribution in [3.05, 3.63) is 40.1 Å². The molecule has 1 aromatic carbocycles. The zero-order valence-electron chi connectivity index (χ0n) is 6.61. The van der Waals surface area contributed by atoms with Crippen LogP contribution in [-0.4, -0.2) is 37.9 Å². The Labute approximate surface area is 127 Å². The Balaban J connectivity index is -0.000000125. The summed E-state index contributed by atoms with van der Waals surface area (Å²) in [6.07, 6.45) is 0. The fourth-order valence-electron chi connectivity index (χ4n) is 0.465. The SMILES string of the molecule is [C-]1=C[AsH][As]=[As]1.[Cl-].[Cl-].[Zr+4].c1cc[cH-]c1. The van der Waals surface area contributed by atoms with Gasteiger partial charge in [0.1, 0.15) is 0 Å². The van der Waals surface area contributed by atoms with Crippen molar-refractivity contribution in [1.82, 2.24) is 0 Å². The predicted molar refractivity (Wildman–Crippen MR) is 48.5 cm³/mol. The van der Waals surface area contributed by atoms with Crippen LogP contribution in [0.15, 0.2) is 35.2 Å². The van der Waals surface area contributed by atoms with E-state index in [4.69, 9.17) is 0 Å². The van der Waals surface area contributed by atoms with Crippen LogP contribution in [0.4, 0.5) is 0 Å².